The van der Waals surface area contributed by atoms with E-state index in [0.29, 0.717) is 22.3 Å². The number of aromatic nitrogens is 1. The van der Waals surface area contributed by atoms with Crippen molar-refractivity contribution in [2.75, 3.05) is 0 Å². The van der Waals surface area contributed by atoms with E-state index >= 15 is 0 Å². The molecule has 1 rings (SSSR count). The summed E-state index contributed by atoms with van der Waals surface area (Å²) in [5, 5.41) is 0. The van der Waals surface area contributed by atoms with Crippen LogP contribution in [0.4, 0.5) is 0 Å². The molecule has 0 saturated carbocycles. The standard InChI is InChI=1S/C17H25NOSi/c1-13(2)20(14(3)4,15(5)6)12-10-17(19)16-9-7-8-11-18-16/h7-9,11,13-15H,1-6H3. The third-order valence-corrected chi connectivity index (χ3v) is 10.4. The largest absolute Gasteiger partial charge is 0.277 e. The molecule has 0 aliphatic carbocycles. The molecule has 1 heterocycles. The zero-order chi connectivity index (χ0) is 15.3. The lowest BCUT2D eigenvalue weighted by Crippen LogP contribution is -2.43. The van der Waals surface area contributed by atoms with Crippen molar-refractivity contribution < 1.29 is 4.79 Å². The molecule has 0 saturated heterocycles. The summed E-state index contributed by atoms with van der Waals surface area (Å²) in [6, 6.07) is 5.35. The predicted octanol–water partition coefficient (Wildman–Crippen LogP) is 4.49. The van der Waals surface area contributed by atoms with E-state index in [1.165, 1.54) is 0 Å². The number of hydrogen-bond acceptors (Lipinski definition) is 2. The maximum atomic E-state index is 12.1. The highest BCUT2D eigenvalue weighted by Crippen LogP contribution is 2.40. The van der Waals surface area contributed by atoms with Gasteiger partial charge < -0.3 is 0 Å². The minimum Gasteiger partial charge on any atom is -0.277 e. The van der Waals surface area contributed by atoms with Crippen LogP contribution in [0.2, 0.25) is 16.6 Å². The van der Waals surface area contributed by atoms with Crippen LogP contribution in [0.15, 0.2) is 24.4 Å². The Labute approximate surface area is 124 Å². The third-order valence-electron chi connectivity index (χ3n) is 4.16. The van der Waals surface area contributed by atoms with Crippen molar-refractivity contribution in [2.45, 2.75) is 58.2 Å². The number of nitrogens with zero attached hydrogens (tertiary/aromatic N) is 1. The normalized spacial score (nSPS) is 11.7. The fraction of sp³-hybridized carbons (Fsp3) is 0.529. The molecule has 0 unspecified atom stereocenters. The van der Waals surface area contributed by atoms with Crippen LogP contribution in [0, 0.1) is 11.5 Å². The molecule has 0 fully saturated rings. The Morgan fingerprint density at radius 1 is 1.05 bits per heavy atom. The maximum Gasteiger partial charge on any atom is 0.253 e. The molecule has 1 aromatic heterocycles. The molecule has 2 nitrogen and oxygen atoms in total. The van der Waals surface area contributed by atoms with Gasteiger partial charge in [0, 0.05) is 6.20 Å². The Balaban J connectivity index is 3.15. The number of carbonyl (C=O) groups is 1. The van der Waals surface area contributed by atoms with Crippen molar-refractivity contribution in [1.82, 2.24) is 4.98 Å². The number of pyridine rings is 1. The Kier molecular flexibility index (Phi) is 5.70. The van der Waals surface area contributed by atoms with Crippen LogP contribution >= 0.6 is 0 Å². The summed E-state index contributed by atoms with van der Waals surface area (Å²) in [5.41, 5.74) is 5.47. The van der Waals surface area contributed by atoms with Crippen LogP contribution in [0.5, 0.6) is 0 Å². The van der Waals surface area contributed by atoms with Crippen molar-refractivity contribution in [3.05, 3.63) is 30.1 Å². The zero-order valence-electron chi connectivity index (χ0n) is 13.4. The molecule has 1 aromatic rings. The lowest BCUT2D eigenvalue weighted by atomic mass is 10.3. The molecule has 3 heteroatoms. The van der Waals surface area contributed by atoms with Crippen LogP contribution in [0.3, 0.4) is 0 Å². The van der Waals surface area contributed by atoms with E-state index in [2.05, 4.69) is 58.0 Å². The van der Waals surface area contributed by atoms with Gasteiger partial charge in [0.15, 0.2) is 0 Å². The summed E-state index contributed by atoms with van der Waals surface area (Å²) >= 11 is 0. The summed E-state index contributed by atoms with van der Waals surface area (Å²) in [4.78, 5) is 16.2. The molecule has 108 valence electrons. The molecule has 0 spiro atoms. The van der Waals surface area contributed by atoms with Gasteiger partial charge in [-0.1, -0.05) is 47.6 Å². The van der Waals surface area contributed by atoms with Crippen molar-refractivity contribution in [1.29, 1.82) is 0 Å². The van der Waals surface area contributed by atoms with Gasteiger partial charge in [-0.25, -0.2) is 0 Å². The Morgan fingerprint density at radius 3 is 2.00 bits per heavy atom. The molecular formula is C17H25NOSi. The highest BCUT2D eigenvalue weighted by atomic mass is 28.3. The van der Waals surface area contributed by atoms with Crippen LogP contribution in [-0.2, 0) is 0 Å². The minimum absolute atomic E-state index is 0.163. The fourth-order valence-corrected chi connectivity index (χ4v) is 8.36. The van der Waals surface area contributed by atoms with Crippen LogP contribution in [-0.4, -0.2) is 18.8 Å². The molecule has 0 atom stereocenters. The zero-order valence-corrected chi connectivity index (χ0v) is 14.4. The maximum absolute atomic E-state index is 12.1. The van der Waals surface area contributed by atoms with Gasteiger partial charge in [-0.05, 0) is 34.7 Å². The highest BCUT2D eigenvalue weighted by molar-refractivity contribution is 6.90. The van der Waals surface area contributed by atoms with Gasteiger partial charge in [0.1, 0.15) is 13.8 Å². The third kappa shape index (κ3) is 3.37. The van der Waals surface area contributed by atoms with Gasteiger partial charge in [0.05, 0.1) is 0 Å². The summed E-state index contributed by atoms with van der Waals surface area (Å²) in [6.45, 7) is 13.5. The molecule has 0 radical (unpaired) electrons. The Hall–Kier alpha value is -1.40. The molecule has 20 heavy (non-hydrogen) atoms. The Bertz CT molecular complexity index is 487. The van der Waals surface area contributed by atoms with Gasteiger partial charge in [0.2, 0.25) is 0 Å². The molecule has 0 bridgehead atoms. The highest BCUT2D eigenvalue weighted by Gasteiger charge is 2.41. The van der Waals surface area contributed by atoms with Gasteiger partial charge in [0.25, 0.3) is 5.78 Å². The topological polar surface area (TPSA) is 30.0 Å². The summed E-state index contributed by atoms with van der Waals surface area (Å²) in [5.74, 6) is 2.73. The number of carbonyl (C=O) groups excluding carboxylic acids is 1. The quantitative estimate of drug-likeness (QED) is 0.464. The van der Waals surface area contributed by atoms with Gasteiger partial charge in [-0.15, -0.1) is 5.54 Å². The van der Waals surface area contributed by atoms with E-state index < -0.39 is 8.07 Å². The second-order valence-corrected chi connectivity index (χ2v) is 11.8. The van der Waals surface area contributed by atoms with E-state index in [1.807, 2.05) is 6.07 Å². The number of ketones is 1. The first kappa shape index (κ1) is 16.7. The smallest absolute Gasteiger partial charge is 0.253 e. The van der Waals surface area contributed by atoms with Crippen molar-refractivity contribution in [3.8, 4) is 11.5 Å². The van der Waals surface area contributed by atoms with Crippen molar-refractivity contribution in [3.63, 3.8) is 0 Å². The average molecular weight is 287 g/mol. The lowest BCUT2D eigenvalue weighted by molar-refractivity contribution is 0.105. The molecule has 0 aliphatic heterocycles. The SMILES string of the molecule is CC(C)[Si](C#CC(=O)c1ccccn1)(C(C)C)C(C)C. The average Bonchev–Trinajstić information content (AvgIpc) is 2.38. The van der Waals surface area contributed by atoms with Gasteiger partial charge in [-0.3, -0.25) is 9.78 Å². The number of hydrogen-bond donors (Lipinski definition) is 0. The van der Waals surface area contributed by atoms with Gasteiger partial charge >= 0.3 is 0 Å². The molecule has 0 aliphatic rings. The molecule has 0 amide bonds. The monoisotopic (exact) mass is 287 g/mol. The van der Waals surface area contributed by atoms with Crippen molar-refractivity contribution in [2.24, 2.45) is 0 Å². The van der Waals surface area contributed by atoms with Gasteiger partial charge in [-0.2, -0.15) is 0 Å². The Morgan fingerprint density at radius 2 is 1.60 bits per heavy atom. The summed E-state index contributed by atoms with van der Waals surface area (Å²) in [7, 11) is -1.83. The molecular weight excluding hydrogens is 262 g/mol. The van der Waals surface area contributed by atoms with E-state index in [4.69, 9.17) is 0 Å². The van der Waals surface area contributed by atoms with Crippen molar-refractivity contribution >= 4 is 13.9 Å². The number of rotatable bonds is 4. The predicted molar refractivity (Wildman–Crippen MR) is 87.4 cm³/mol. The fourth-order valence-electron chi connectivity index (χ4n) is 3.16. The minimum atomic E-state index is -1.83. The molecule has 0 N–H and O–H groups in total. The molecule has 0 aromatic carbocycles. The lowest BCUT2D eigenvalue weighted by Gasteiger charge is -2.37. The van der Waals surface area contributed by atoms with Crippen LogP contribution in [0.25, 0.3) is 0 Å². The van der Waals surface area contributed by atoms with E-state index in [-0.39, 0.29) is 5.78 Å². The first-order valence-corrected chi connectivity index (χ1v) is 9.54. The second kappa shape index (κ2) is 6.85. The van der Waals surface area contributed by atoms with E-state index in [0.717, 1.165) is 0 Å². The van der Waals surface area contributed by atoms with E-state index in [1.54, 1.807) is 18.3 Å². The number of Topliss-reactive ketones (excluding diaryl/α,β-unsaturated/α-hetero) is 1. The first-order chi connectivity index (χ1) is 9.32. The summed E-state index contributed by atoms with van der Waals surface area (Å²) in [6.07, 6.45) is 1.63. The van der Waals surface area contributed by atoms with Crippen LogP contribution in [0.1, 0.15) is 52.0 Å². The van der Waals surface area contributed by atoms with E-state index in [9.17, 15) is 4.79 Å². The first-order valence-electron chi connectivity index (χ1n) is 7.30. The summed E-state index contributed by atoms with van der Waals surface area (Å²) < 4.78 is 0. The second-order valence-electron chi connectivity index (χ2n) is 6.19. The van der Waals surface area contributed by atoms with Crippen LogP contribution < -0.4 is 0 Å².